The summed E-state index contributed by atoms with van der Waals surface area (Å²) < 4.78 is 0. The van der Waals surface area contributed by atoms with Crippen molar-refractivity contribution in [3.8, 4) is 11.1 Å². The van der Waals surface area contributed by atoms with Gasteiger partial charge in [0.2, 0.25) is 0 Å². The Bertz CT molecular complexity index is 1490. The van der Waals surface area contributed by atoms with E-state index in [2.05, 4.69) is 144 Å². The van der Waals surface area contributed by atoms with E-state index in [1.54, 1.807) is 0 Å². The SMILES string of the molecule is [B]1N2C=CN1c1cccc(n1)C1(c3cccc(n3)N3[B]N(C=C3)CC2)c2ccccc2-c2ccccc21.[Pt]. The molecule has 8 bridgehead atoms. The number of aromatic nitrogens is 2. The van der Waals surface area contributed by atoms with Crippen LogP contribution in [0.4, 0.5) is 11.6 Å². The van der Waals surface area contributed by atoms with Gasteiger partial charge in [0.15, 0.2) is 0 Å². The zero-order chi connectivity index (χ0) is 24.4. The molecule has 184 valence electrons. The third-order valence-electron chi connectivity index (χ3n) is 7.72. The van der Waals surface area contributed by atoms with Crippen LogP contribution in [-0.2, 0) is 26.5 Å². The molecular formula is C29H22B2N6Pt. The van der Waals surface area contributed by atoms with Gasteiger partial charge in [-0.25, -0.2) is 9.97 Å². The van der Waals surface area contributed by atoms with E-state index < -0.39 is 5.41 Å². The van der Waals surface area contributed by atoms with Crippen LogP contribution in [0.2, 0.25) is 0 Å². The van der Waals surface area contributed by atoms with Crippen molar-refractivity contribution in [2.45, 2.75) is 5.41 Å². The molecule has 0 unspecified atom stereocenters. The third-order valence-corrected chi connectivity index (χ3v) is 7.72. The number of nitrogens with zero attached hydrogens (tertiary/aromatic N) is 6. The molecule has 6 nitrogen and oxygen atoms in total. The Labute approximate surface area is 238 Å². The van der Waals surface area contributed by atoms with Gasteiger partial charge in [0, 0.05) is 59.0 Å². The molecule has 0 atom stereocenters. The van der Waals surface area contributed by atoms with Gasteiger partial charge >= 0.3 is 15.1 Å². The van der Waals surface area contributed by atoms with E-state index >= 15 is 0 Å². The summed E-state index contributed by atoms with van der Waals surface area (Å²) in [7, 11) is 4.23. The van der Waals surface area contributed by atoms with Crippen LogP contribution in [0.15, 0.2) is 110 Å². The molecular weight excluding hydrogens is 649 g/mol. The van der Waals surface area contributed by atoms with E-state index in [1.807, 2.05) is 0 Å². The molecule has 0 fully saturated rings. The van der Waals surface area contributed by atoms with Crippen molar-refractivity contribution in [1.29, 1.82) is 0 Å². The van der Waals surface area contributed by atoms with Gasteiger partial charge < -0.3 is 19.2 Å². The number of fused-ring (bicyclic) bond motifs is 17. The standard InChI is InChI=1S/C29H22B2N6.Pt/c1-3-9-23-21(7-1)22-8-2-4-10-24(22)29(23)25-11-5-13-27(32-25)36-19-17-34(30-36)15-16-35-18-20-37(31-35)28-14-6-12-26(29)33-28;/h1-14,17-20H,15-16H2;. The van der Waals surface area contributed by atoms with E-state index in [0.29, 0.717) is 0 Å². The maximum absolute atomic E-state index is 5.33. The molecule has 8 rings (SSSR count). The fourth-order valence-corrected chi connectivity index (χ4v) is 6.02. The van der Waals surface area contributed by atoms with E-state index in [1.165, 1.54) is 22.3 Å². The van der Waals surface area contributed by atoms with Crippen molar-refractivity contribution in [2.24, 2.45) is 0 Å². The molecule has 2 aromatic carbocycles. The molecule has 5 heterocycles. The molecule has 2 aromatic heterocycles. The first-order valence-electron chi connectivity index (χ1n) is 12.6. The molecule has 0 saturated carbocycles. The van der Waals surface area contributed by atoms with Crippen LogP contribution in [0.25, 0.3) is 11.1 Å². The number of benzene rings is 2. The Kier molecular flexibility index (Phi) is 5.48. The van der Waals surface area contributed by atoms with E-state index in [4.69, 9.17) is 9.97 Å². The summed E-state index contributed by atoms with van der Waals surface area (Å²) in [5.74, 6) is 1.78. The molecule has 0 N–H and O–H groups in total. The molecule has 4 aromatic rings. The van der Waals surface area contributed by atoms with Crippen LogP contribution < -0.4 is 9.62 Å². The largest absolute Gasteiger partial charge is 0.402 e. The monoisotopic (exact) mass is 671 g/mol. The van der Waals surface area contributed by atoms with Crippen molar-refractivity contribution in [2.75, 3.05) is 22.7 Å². The van der Waals surface area contributed by atoms with Gasteiger partial charge in [0.05, 0.1) is 11.4 Å². The number of hydrogen-bond acceptors (Lipinski definition) is 6. The van der Waals surface area contributed by atoms with Gasteiger partial charge in [-0.2, -0.15) is 0 Å². The van der Waals surface area contributed by atoms with Crippen molar-refractivity contribution in [1.82, 2.24) is 19.6 Å². The van der Waals surface area contributed by atoms with E-state index in [9.17, 15) is 0 Å². The first kappa shape index (κ1) is 23.4. The van der Waals surface area contributed by atoms with Crippen molar-refractivity contribution >= 4 is 26.7 Å². The smallest absolute Gasteiger partial charge is 0.396 e. The molecule has 38 heavy (non-hydrogen) atoms. The first-order chi connectivity index (χ1) is 18.3. The van der Waals surface area contributed by atoms with Gasteiger partial charge in [0.25, 0.3) is 0 Å². The maximum atomic E-state index is 5.33. The normalized spacial score (nSPS) is 17.3. The van der Waals surface area contributed by atoms with Gasteiger partial charge in [-0.1, -0.05) is 60.7 Å². The van der Waals surface area contributed by atoms with Gasteiger partial charge in [-0.3, -0.25) is 0 Å². The maximum Gasteiger partial charge on any atom is 0.396 e. The summed E-state index contributed by atoms with van der Waals surface area (Å²) in [5, 5.41) is 0. The van der Waals surface area contributed by atoms with Crippen LogP contribution >= 0.6 is 0 Å². The fraction of sp³-hybridized carbons (Fsp3) is 0.103. The third kappa shape index (κ3) is 3.33. The van der Waals surface area contributed by atoms with Crippen LogP contribution in [0.1, 0.15) is 22.5 Å². The minimum absolute atomic E-state index is 0. The first-order valence-corrected chi connectivity index (χ1v) is 12.6. The zero-order valence-corrected chi connectivity index (χ0v) is 22.7. The second kappa shape index (κ2) is 8.92. The zero-order valence-electron chi connectivity index (χ0n) is 20.5. The fourth-order valence-electron chi connectivity index (χ4n) is 6.02. The Morgan fingerprint density at radius 1 is 0.553 bits per heavy atom. The van der Waals surface area contributed by atoms with E-state index in [0.717, 1.165) is 36.1 Å². The Balaban J connectivity index is 0.00000242. The molecule has 3 aliphatic heterocycles. The molecule has 9 heteroatoms. The summed E-state index contributed by atoms with van der Waals surface area (Å²) in [6.07, 6.45) is 8.38. The Morgan fingerprint density at radius 2 is 1.03 bits per heavy atom. The minimum atomic E-state index is -0.647. The van der Waals surface area contributed by atoms with Crippen LogP contribution in [0, 0.1) is 0 Å². The van der Waals surface area contributed by atoms with Crippen molar-refractivity contribution in [3.63, 3.8) is 0 Å². The number of pyridine rings is 2. The quantitative estimate of drug-likeness (QED) is 0.231. The summed E-state index contributed by atoms with van der Waals surface area (Å²) in [6.45, 7) is 1.72. The summed E-state index contributed by atoms with van der Waals surface area (Å²) in [6, 6.07) is 30.1. The van der Waals surface area contributed by atoms with Crippen molar-refractivity contribution in [3.05, 3.63) is 132 Å². The predicted octanol–water partition coefficient (Wildman–Crippen LogP) is 4.11. The number of hydrogen-bond donors (Lipinski definition) is 0. The van der Waals surface area contributed by atoms with Gasteiger partial charge in [-0.15, -0.1) is 0 Å². The summed E-state index contributed by atoms with van der Waals surface area (Å²) >= 11 is 0. The summed E-state index contributed by atoms with van der Waals surface area (Å²) in [4.78, 5) is 19.3. The average Bonchev–Trinajstić information content (AvgIpc) is 3.69. The van der Waals surface area contributed by atoms with Gasteiger partial charge in [-0.05, 0) is 46.5 Å². The Hall–Kier alpha value is -3.76. The molecule has 0 saturated heterocycles. The Morgan fingerprint density at radius 3 is 1.53 bits per heavy atom. The predicted molar refractivity (Wildman–Crippen MR) is 147 cm³/mol. The summed E-state index contributed by atoms with van der Waals surface area (Å²) in [5.41, 5.74) is 6.15. The van der Waals surface area contributed by atoms with E-state index in [-0.39, 0.29) is 21.1 Å². The molecule has 0 amide bonds. The molecule has 1 spiro atoms. The minimum Gasteiger partial charge on any atom is -0.402 e. The van der Waals surface area contributed by atoms with Crippen LogP contribution in [-0.4, -0.2) is 47.8 Å². The molecule has 1 aliphatic carbocycles. The second-order valence-corrected chi connectivity index (χ2v) is 9.72. The second-order valence-electron chi connectivity index (χ2n) is 9.72. The topological polar surface area (TPSA) is 38.7 Å². The molecule has 4 aliphatic rings. The van der Waals surface area contributed by atoms with Crippen molar-refractivity contribution < 1.29 is 21.1 Å². The number of anilines is 2. The number of rotatable bonds is 0. The van der Waals surface area contributed by atoms with Gasteiger partial charge in [0.1, 0.15) is 17.1 Å². The molecule has 2 radical (unpaired) electrons. The van der Waals surface area contributed by atoms with Crippen LogP contribution in [0.3, 0.4) is 0 Å². The van der Waals surface area contributed by atoms with Crippen LogP contribution in [0.5, 0.6) is 0 Å². The average molecular weight is 671 g/mol.